The predicted octanol–water partition coefficient (Wildman–Crippen LogP) is 2.30. The Morgan fingerprint density at radius 2 is 2.25 bits per heavy atom. The van der Waals surface area contributed by atoms with Gasteiger partial charge in [0.25, 0.3) is 0 Å². The van der Waals surface area contributed by atoms with Crippen molar-refractivity contribution in [2.45, 2.75) is 32.1 Å². The minimum Gasteiger partial charge on any atom is -0.481 e. The zero-order chi connectivity index (χ0) is 12.0. The maximum absolute atomic E-state index is 11.9. The molecule has 0 aliphatic rings. The van der Waals surface area contributed by atoms with E-state index in [1.165, 1.54) is 6.20 Å². The third-order valence-corrected chi connectivity index (χ3v) is 2.10. The molecule has 0 aliphatic carbocycles. The number of rotatable bonds is 6. The molecule has 0 saturated heterocycles. The van der Waals surface area contributed by atoms with Crippen molar-refractivity contribution in [1.29, 1.82) is 0 Å². The molecule has 0 atom stereocenters. The molecule has 88 valence electrons. The third-order valence-electron chi connectivity index (χ3n) is 2.10. The normalized spacial score (nSPS) is 10.7. The van der Waals surface area contributed by atoms with Gasteiger partial charge in [0.05, 0.1) is 12.1 Å². The SMILES string of the molecule is O=C(O)Cc1cc(CCCC(F)F)ccn1. The van der Waals surface area contributed by atoms with Gasteiger partial charge < -0.3 is 5.11 Å². The first-order valence-corrected chi connectivity index (χ1v) is 5.01. The van der Waals surface area contributed by atoms with Crippen LogP contribution < -0.4 is 0 Å². The topological polar surface area (TPSA) is 50.2 Å². The Kier molecular flexibility index (Phi) is 4.82. The van der Waals surface area contributed by atoms with Gasteiger partial charge in [-0.2, -0.15) is 0 Å². The fourth-order valence-electron chi connectivity index (χ4n) is 1.40. The van der Waals surface area contributed by atoms with Crippen LogP contribution in [0.25, 0.3) is 0 Å². The summed E-state index contributed by atoms with van der Waals surface area (Å²) in [5.74, 6) is -0.947. The Balaban J connectivity index is 2.50. The molecule has 0 unspecified atom stereocenters. The summed E-state index contributed by atoms with van der Waals surface area (Å²) >= 11 is 0. The van der Waals surface area contributed by atoms with Crippen LogP contribution in [0.2, 0.25) is 0 Å². The first-order valence-electron chi connectivity index (χ1n) is 5.01. The number of aryl methyl sites for hydroxylation is 1. The summed E-state index contributed by atoms with van der Waals surface area (Å²) in [6, 6.07) is 3.37. The predicted molar refractivity (Wildman–Crippen MR) is 54.5 cm³/mol. The second kappa shape index (κ2) is 6.15. The van der Waals surface area contributed by atoms with Crippen LogP contribution in [0.4, 0.5) is 8.78 Å². The number of pyridine rings is 1. The Morgan fingerprint density at radius 3 is 2.88 bits per heavy atom. The number of aromatic nitrogens is 1. The highest BCUT2D eigenvalue weighted by atomic mass is 19.3. The molecule has 0 bridgehead atoms. The van der Waals surface area contributed by atoms with E-state index >= 15 is 0 Å². The van der Waals surface area contributed by atoms with Crippen molar-refractivity contribution in [2.75, 3.05) is 0 Å². The fourth-order valence-corrected chi connectivity index (χ4v) is 1.40. The molecule has 0 fully saturated rings. The highest BCUT2D eigenvalue weighted by Gasteiger charge is 2.05. The molecule has 0 saturated carbocycles. The molecule has 0 aliphatic heterocycles. The number of hydrogen-bond donors (Lipinski definition) is 1. The summed E-state index contributed by atoms with van der Waals surface area (Å²) in [6.45, 7) is 0. The van der Waals surface area contributed by atoms with E-state index in [2.05, 4.69) is 4.98 Å². The van der Waals surface area contributed by atoms with E-state index in [1.807, 2.05) is 0 Å². The number of carbonyl (C=O) groups is 1. The molecule has 1 aromatic heterocycles. The number of alkyl halides is 2. The Morgan fingerprint density at radius 1 is 1.50 bits per heavy atom. The number of halogens is 2. The standard InChI is InChI=1S/C11H13F2NO2/c12-10(13)3-1-2-8-4-5-14-9(6-8)7-11(15)16/h4-6,10H,1-3,7H2,(H,15,16). The van der Waals surface area contributed by atoms with Gasteiger partial charge in [-0.25, -0.2) is 8.78 Å². The van der Waals surface area contributed by atoms with Crippen LogP contribution in [-0.2, 0) is 17.6 Å². The zero-order valence-corrected chi connectivity index (χ0v) is 8.70. The van der Waals surface area contributed by atoms with Crippen LogP contribution >= 0.6 is 0 Å². The smallest absolute Gasteiger partial charge is 0.309 e. The molecule has 3 nitrogen and oxygen atoms in total. The second-order valence-electron chi connectivity index (χ2n) is 3.51. The monoisotopic (exact) mass is 229 g/mol. The quantitative estimate of drug-likeness (QED) is 0.814. The number of carboxylic acids is 1. The van der Waals surface area contributed by atoms with Crippen LogP contribution in [0.15, 0.2) is 18.3 Å². The number of aliphatic carboxylic acids is 1. The lowest BCUT2D eigenvalue weighted by molar-refractivity contribution is -0.136. The van der Waals surface area contributed by atoms with Gasteiger partial charge in [0.15, 0.2) is 0 Å². The van der Waals surface area contributed by atoms with Gasteiger partial charge in [0, 0.05) is 12.6 Å². The molecule has 0 amide bonds. The van der Waals surface area contributed by atoms with Crippen molar-refractivity contribution in [3.8, 4) is 0 Å². The summed E-state index contributed by atoms with van der Waals surface area (Å²) in [5.41, 5.74) is 1.31. The van der Waals surface area contributed by atoms with E-state index in [0.717, 1.165) is 5.56 Å². The molecule has 0 radical (unpaired) electrons. The van der Waals surface area contributed by atoms with Gasteiger partial charge >= 0.3 is 5.97 Å². The number of carboxylic acid groups (broad SMARTS) is 1. The van der Waals surface area contributed by atoms with E-state index in [1.54, 1.807) is 12.1 Å². The van der Waals surface area contributed by atoms with Crippen molar-refractivity contribution in [1.82, 2.24) is 4.98 Å². The molecule has 1 N–H and O–H groups in total. The molecular formula is C11H13F2NO2. The van der Waals surface area contributed by atoms with Gasteiger partial charge in [0.2, 0.25) is 6.43 Å². The molecular weight excluding hydrogens is 216 g/mol. The summed E-state index contributed by atoms with van der Waals surface area (Å²) < 4.78 is 23.8. The van der Waals surface area contributed by atoms with Gasteiger partial charge in [-0.1, -0.05) is 0 Å². The summed E-state index contributed by atoms with van der Waals surface area (Å²) in [5, 5.41) is 8.57. The van der Waals surface area contributed by atoms with Gasteiger partial charge in [-0.3, -0.25) is 9.78 Å². The Hall–Kier alpha value is -1.52. The van der Waals surface area contributed by atoms with Gasteiger partial charge in [0.1, 0.15) is 0 Å². The lowest BCUT2D eigenvalue weighted by Gasteiger charge is -2.03. The first kappa shape index (κ1) is 12.5. The van der Waals surface area contributed by atoms with Crippen molar-refractivity contribution in [3.05, 3.63) is 29.6 Å². The number of hydrogen-bond acceptors (Lipinski definition) is 2. The van der Waals surface area contributed by atoms with Crippen molar-refractivity contribution in [3.63, 3.8) is 0 Å². The van der Waals surface area contributed by atoms with Crippen LogP contribution in [0, 0.1) is 0 Å². The average Bonchev–Trinajstić information content (AvgIpc) is 2.16. The van der Waals surface area contributed by atoms with Gasteiger partial charge in [-0.05, 0) is 30.5 Å². The summed E-state index contributed by atoms with van der Waals surface area (Å²) in [6.07, 6.45) is -0.108. The fraction of sp³-hybridized carbons (Fsp3) is 0.455. The molecule has 0 spiro atoms. The van der Waals surface area contributed by atoms with E-state index in [-0.39, 0.29) is 12.8 Å². The minimum atomic E-state index is -2.28. The highest BCUT2D eigenvalue weighted by molar-refractivity contribution is 5.69. The maximum atomic E-state index is 11.9. The van der Waals surface area contributed by atoms with Crippen molar-refractivity contribution < 1.29 is 18.7 Å². The summed E-state index contributed by atoms with van der Waals surface area (Å²) in [4.78, 5) is 14.3. The molecule has 0 aromatic carbocycles. The van der Waals surface area contributed by atoms with Crippen LogP contribution in [-0.4, -0.2) is 22.5 Å². The summed E-state index contributed by atoms with van der Waals surface area (Å²) in [7, 11) is 0. The first-order chi connectivity index (χ1) is 7.58. The van der Waals surface area contributed by atoms with Gasteiger partial charge in [-0.15, -0.1) is 0 Å². The molecule has 1 aromatic rings. The van der Waals surface area contributed by atoms with E-state index in [9.17, 15) is 13.6 Å². The second-order valence-corrected chi connectivity index (χ2v) is 3.51. The van der Waals surface area contributed by atoms with Crippen LogP contribution in [0.3, 0.4) is 0 Å². The third kappa shape index (κ3) is 4.82. The zero-order valence-electron chi connectivity index (χ0n) is 8.70. The molecule has 16 heavy (non-hydrogen) atoms. The number of nitrogens with zero attached hydrogens (tertiary/aromatic N) is 1. The van der Waals surface area contributed by atoms with Crippen LogP contribution in [0.1, 0.15) is 24.1 Å². The Bertz CT molecular complexity index is 356. The molecule has 1 heterocycles. The van der Waals surface area contributed by atoms with E-state index in [0.29, 0.717) is 18.5 Å². The van der Waals surface area contributed by atoms with Crippen molar-refractivity contribution in [2.24, 2.45) is 0 Å². The maximum Gasteiger partial charge on any atom is 0.309 e. The van der Waals surface area contributed by atoms with Crippen LogP contribution in [0.5, 0.6) is 0 Å². The van der Waals surface area contributed by atoms with E-state index < -0.39 is 12.4 Å². The Labute approximate surface area is 92.1 Å². The largest absolute Gasteiger partial charge is 0.481 e. The lowest BCUT2D eigenvalue weighted by atomic mass is 10.1. The lowest BCUT2D eigenvalue weighted by Crippen LogP contribution is -2.03. The molecule has 1 rings (SSSR count). The molecule has 5 heteroatoms. The average molecular weight is 229 g/mol. The van der Waals surface area contributed by atoms with E-state index in [4.69, 9.17) is 5.11 Å². The van der Waals surface area contributed by atoms with Crippen molar-refractivity contribution >= 4 is 5.97 Å². The minimum absolute atomic E-state index is 0.128. The highest BCUT2D eigenvalue weighted by Crippen LogP contribution is 2.10.